The number of hydrogen-bond acceptors (Lipinski definition) is 4. The van der Waals surface area contributed by atoms with Crippen LogP contribution in [-0.4, -0.2) is 15.0 Å². The summed E-state index contributed by atoms with van der Waals surface area (Å²) in [5.41, 5.74) is 4.92. The maximum absolute atomic E-state index is 4.73. The van der Waals surface area contributed by atoms with Crippen molar-refractivity contribution in [1.82, 2.24) is 15.0 Å². The van der Waals surface area contributed by atoms with E-state index in [1.54, 1.807) is 17.5 Å². The fourth-order valence-corrected chi connectivity index (χ4v) is 3.29. The number of fused-ring (bicyclic) bond motifs is 1. The van der Waals surface area contributed by atoms with Crippen molar-refractivity contribution in [3.05, 3.63) is 77.6 Å². The lowest BCUT2D eigenvalue weighted by Crippen LogP contribution is -1.87. The van der Waals surface area contributed by atoms with Crippen LogP contribution < -0.4 is 0 Å². The van der Waals surface area contributed by atoms with Crippen molar-refractivity contribution in [2.45, 2.75) is 6.92 Å². The molecule has 0 atom stereocenters. The predicted octanol–water partition coefficient (Wildman–Crippen LogP) is 5.31. The molecule has 0 spiro atoms. The van der Waals surface area contributed by atoms with Crippen LogP contribution in [0.25, 0.3) is 33.3 Å². The molecule has 1 aromatic carbocycles. The monoisotopic (exact) mass is 329 g/mol. The first-order valence-electron chi connectivity index (χ1n) is 7.71. The van der Waals surface area contributed by atoms with Gasteiger partial charge in [-0.05, 0) is 42.8 Å². The minimum absolute atomic E-state index is 0.906. The molecule has 3 aromatic heterocycles. The summed E-state index contributed by atoms with van der Waals surface area (Å²) in [5.74, 6) is 0. The maximum atomic E-state index is 4.73. The number of hydrogen-bond donors (Lipinski definition) is 0. The first-order chi connectivity index (χ1) is 11.8. The van der Waals surface area contributed by atoms with Gasteiger partial charge in [0.25, 0.3) is 0 Å². The average molecular weight is 329 g/mol. The van der Waals surface area contributed by atoms with Crippen LogP contribution in [0.4, 0.5) is 0 Å². The quantitative estimate of drug-likeness (QED) is 0.511. The van der Waals surface area contributed by atoms with E-state index in [-0.39, 0.29) is 0 Å². The van der Waals surface area contributed by atoms with E-state index in [2.05, 4.69) is 46.5 Å². The second-order valence-electron chi connectivity index (χ2n) is 5.51. The third kappa shape index (κ3) is 2.96. The van der Waals surface area contributed by atoms with Gasteiger partial charge in [0.1, 0.15) is 5.01 Å². The zero-order valence-corrected chi connectivity index (χ0v) is 14.0. The van der Waals surface area contributed by atoms with Gasteiger partial charge in [0, 0.05) is 17.0 Å². The number of allylic oxidation sites excluding steroid dienone is 1. The highest BCUT2D eigenvalue weighted by molar-refractivity contribution is 7.13. The van der Waals surface area contributed by atoms with Gasteiger partial charge in [-0.15, -0.1) is 11.3 Å². The number of para-hydroxylation sites is 1. The minimum atomic E-state index is 0.906. The van der Waals surface area contributed by atoms with E-state index in [1.165, 1.54) is 0 Å². The molecule has 0 N–H and O–H groups in total. The van der Waals surface area contributed by atoms with Gasteiger partial charge >= 0.3 is 0 Å². The largest absolute Gasteiger partial charge is 0.254 e. The molecular weight excluding hydrogens is 314 g/mol. The van der Waals surface area contributed by atoms with Crippen LogP contribution in [0.3, 0.4) is 0 Å². The molecule has 116 valence electrons. The highest BCUT2D eigenvalue weighted by atomic mass is 32.1. The van der Waals surface area contributed by atoms with Gasteiger partial charge in [-0.3, -0.25) is 4.98 Å². The Kier molecular flexibility index (Phi) is 3.89. The zero-order chi connectivity index (χ0) is 16.4. The summed E-state index contributed by atoms with van der Waals surface area (Å²) < 4.78 is 0. The number of rotatable bonds is 3. The molecular formula is C20H15N3S. The van der Waals surface area contributed by atoms with Crippen molar-refractivity contribution in [2.24, 2.45) is 0 Å². The molecule has 0 aliphatic heterocycles. The normalized spacial score (nSPS) is 11.8. The van der Waals surface area contributed by atoms with Gasteiger partial charge in [0.2, 0.25) is 0 Å². The van der Waals surface area contributed by atoms with Crippen molar-refractivity contribution in [3.8, 4) is 10.7 Å². The number of aromatic nitrogens is 3. The van der Waals surface area contributed by atoms with Crippen LogP contribution in [0.15, 0.2) is 66.2 Å². The summed E-state index contributed by atoms with van der Waals surface area (Å²) in [6.07, 6.45) is 3.86. The molecule has 24 heavy (non-hydrogen) atoms. The summed E-state index contributed by atoms with van der Waals surface area (Å²) in [5, 5.41) is 4.13. The Bertz CT molecular complexity index is 1020. The Morgan fingerprint density at radius 1 is 0.958 bits per heavy atom. The van der Waals surface area contributed by atoms with Crippen LogP contribution in [0, 0.1) is 0 Å². The Hall–Kier alpha value is -2.85. The van der Waals surface area contributed by atoms with Crippen molar-refractivity contribution >= 4 is 33.9 Å². The molecule has 4 rings (SSSR count). The summed E-state index contributed by atoms with van der Waals surface area (Å²) in [4.78, 5) is 13.7. The zero-order valence-electron chi connectivity index (χ0n) is 13.2. The molecule has 0 saturated carbocycles. The van der Waals surface area contributed by atoms with E-state index in [9.17, 15) is 0 Å². The maximum Gasteiger partial charge on any atom is 0.142 e. The molecule has 0 radical (unpaired) electrons. The molecule has 0 saturated heterocycles. The number of benzene rings is 1. The Morgan fingerprint density at radius 2 is 1.83 bits per heavy atom. The fraction of sp³-hybridized carbons (Fsp3) is 0.0500. The van der Waals surface area contributed by atoms with Gasteiger partial charge in [-0.2, -0.15) is 0 Å². The van der Waals surface area contributed by atoms with E-state index in [0.717, 1.165) is 38.6 Å². The highest BCUT2D eigenvalue weighted by Crippen LogP contribution is 2.24. The highest BCUT2D eigenvalue weighted by Gasteiger charge is 2.06. The molecule has 0 fully saturated rings. The molecule has 4 heteroatoms. The minimum Gasteiger partial charge on any atom is -0.254 e. The summed E-state index contributed by atoms with van der Waals surface area (Å²) in [7, 11) is 0. The van der Waals surface area contributed by atoms with E-state index >= 15 is 0 Å². The SMILES string of the molecule is CC(=Cc1csc(-c2ccccn2)n1)c1ccc2ccccc2n1. The first kappa shape index (κ1) is 14.7. The third-order valence-corrected chi connectivity index (χ3v) is 4.66. The predicted molar refractivity (Wildman–Crippen MR) is 101 cm³/mol. The van der Waals surface area contributed by atoms with Gasteiger partial charge in [0.15, 0.2) is 0 Å². The lowest BCUT2D eigenvalue weighted by molar-refractivity contribution is 1.28. The van der Waals surface area contributed by atoms with Gasteiger partial charge in [-0.1, -0.05) is 30.3 Å². The topological polar surface area (TPSA) is 38.7 Å². The van der Waals surface area contributed by atoms with Gasteiger partial charge in [0.05, 0.1) is 22.6 Å². The van der Waals surface area contributed by atoms with Gasteiger partial charge in [-0.25, -0.2) is 9.97 Å². The van der Waals surface area contributed by atoms with Gasteiger partial charge < -0.3 is 0 Å². The van der Waals surface area contributed by atoms with E-state index in [4.69, 9.17) is 4.98 Å². The molecule has 0 aliphatic rings. The summed E-state index contributed by atoms with van der Waals surface area (Å²) in [6, 6.07) is 18.2. The van der Waals surface area contributed by atoms with Crippen LogP contribution >= 0.6 is 11.3 Å². The van der Waals surface area contributed by atoms with E-state index < -0.39 is 0 Å². The van der Waals surface area contributed by atoms with E-state index in [0.29, 0.717) is 0 Å². The van der Waals surface area contributed by atoms with Crippen molar-refractivity contribution in [2.75, 3.05) is 0 Å². The smallest absolute Gasteiger partial charge is 0.142 e. The van der Waals surface area contributed by atoms with Crippen molar-refractivity contribution in [3.63, 3.8) is 0 Å². The lowest BCUT2D eigenvalue weighted by atomic mass is 10.1. The van der Waals surface area contributed by atoms with Crippen LogP contribution in [0.1, 0.15) is 18.3 Å². The number of pyridine rings is 2. The lowest BCUT2D eigenvalue weighted by Gasteiger charge is -2.02. The van der Waals surface area contributed by atoms with Crippen LogP contribution in [-0.2, 0) is 0 Å². The molecule has 0 bridgehead atoms. The molecule has 0 aliphatic carbocycles. The summed E-state index contributed by atoms with van der Waals surface area (Å²) >= 11 is 1.60. The Balaban J connectivity index is 1.66. The standard InChI is InChI=1S/C20H15N3S/c1-14(17-10-9-15-6-2-3-7-18(15)23-17)12-16-13-24-20(22-16)19-8-4-5-11-21-19/h2-13H,1H3. The summed E-state index contributed by atoms with van der Waals surface area (Å²) in [6.45, 7) is 2.07. The number of thiazole rings is 1. The van der Waals surface area contributed by atoms with Crippen molar-refractivity contribution < 1.29 is 0 Å². The second-order valence-corrected chi connectivity index (χ2v) is 6.37. The van der Waals surface area contributed by atoms with Crippen LogP contribution in [0.5, 0.6) is 0 Å². The third-order valence-electron chi connectivity index (χ3n) is 3.77. The van der Waals surface area contributed by atoms with E-state index in [1.807, 2.05) is 36.4 Å². The first-order valence-corrected chi connectivity index (χ1v) is 8.59. The molecule has 0 amide bonds. The Morgan fingerprint density at radius 3 is 2.71 bits per heavy atom. The Labute approximate surface area is 144 Å². The number of nitrogens with zero attached hydrogens (tertiary/aromatic N) is 3. The molecule has 3 nitrogen and oxygen atoms in total. The fourth-order valence-electron chi connectivity index (χ4n) is 2.54. The molecule has 4 aromatic rings. The van der Waals surface area contributed by atoms with Crippen molar-refractivity contribution in [1.29, 1.82) is 0 Å². The average Bonchev–Trinajstić information content (AvgIpc) is 3.10. The molecule has 0 unspecified atom stereocenters. The van der Waals surface area contributed by atoms with Crippen LogP contribution in [0.2, 0.25) is 0 Å². The molecule has 3 heterocycles. The second kappa shape index (κ2) is 6.34.